The Morgan fingerprint density at radius 3 is 2.35 bits per heavy atom. The highest BCUT2D eigenvalue weighted by molar-refractivity contribution is 5.85. The maximum Gasteiger partial charge on any atom is 0.138 e. The van der Waals surface area contributed by atoms with Crippen LogP contribution in [0.4, 0.5) is 0 Å². The number of aromatic hydroxyl groups is 1. The van der Waals surface area contributed by atoms with Crippen LogP contribution in [0.2, 0.25) is 0 Å². The smallest absolute Gasteiger partial charge is 0.138 e. The molecular weight excluding hydrogens is 236 g/mol. The molecule has 0 saturated heterocycles. The SMILES string of the molecule is Cl.Oc1ccc(-c2nc3ccccc3[nH]2)cc1. The summed E-state index contributed by atoms with van der Waals surface area (Å²) >= 11 is 0. The van der Waals surface area contributed by atoms with Gasteiger partial charge in [-0.25, -0.2) is 4.98 Å². The van der Waals surface area contributed by atoms with E-state index in [-0.39, 0.29) is 18.2 Å². The number of benzene rings is 2. The van der Waals surface area contributed by atoms with E-state index in [4.69, 9.17) is 0 Å². The molecule has 0 unspecified atom stereocenters. The minimum atomic E-state index is 0. The van der Waals surface area contributed by atoms with Gasteiger partial charge in [0.2, 0.25) is 0 Å². The molecule has 86 valence electrons. The fourth-order valence-electron chi connectivity index (χ4n) is 1.71. The van der Waals surface area contributed by atoms with E-state index in [9.17, 15) is 5.11 Å². The van der Waals surface area contributed by atoms with Crippen LogP contribution >= 0.6 is 12.4 Å². The first-order valence-corrected chi connectivity index (χ1v) is 5.07. The molecule has 0 amide bonds. The molecule has 2 N–H and O–H groups in total. The monoisotopic (exact) mass is 246 g/mol. The number of H-pyrrole nitrogens is 1. The number of aromatic amines is 1. The number of para-hydroxylation sites is 2. The number of fused-ring (bicyclic) bond motifs is 1. The van der Waals surface area contributed by atoms with Crippen molar-refractivity contribution >= 4 is 23.4 Å². The van der Waals surface area contributed by atoms with Gasteiger partial charge in [0.1, 0.15) is 11.6 Å². The van der Waals surface area contributed by atoms with Crippen LogP contribution in [0.25, 0.3) is 22.4 Å². The maximum atomic E-state index is 9.21. The van der Waals surface area contributed by atoms with Gasteiger partial charge in [-0.3, -0.25) is 0 Å². The minimum Gasteiger partial charge on any atom is -0.508 e. The first-order valence-electron chi connectivity index (χ1n) is 5.07. The van der Waals surface area contributed by atoms with Gasteiger partial charge in [-0.1, -0.05) is 12.1 Å². The van der Waals surface area contributed by atoms with Gasteiger partial charge >= 0.3 is 0 Å². The molecule has 0 radical (unpaired) electrons. The van der Waals surface area contributed by atoms with Crippen molar-refractivity contribution in [3.8, 4) is 17.1 Å². The molecule has 2 aromatic carbocycles. The highest BCUT2D eigenvalue weighted by Crippen LogP contribution is 2.21. The Labute approximate surface area is 105 Å². The predicted molar refractivity (Wildman–Crippen MR) is 70.4 cm³/mol. The number of nitrogens with one attached hydrogen (secondary N) is 1. The average Bonchev–Trinajstić information content (AvgIpc) is 2.73. The van der Waals surface area contributed by atoms with Crippen molar-refractivity contribution in [3.63, 3.8) is 0 Å². The molecule has 0 aliphatic rings. The zero-order valence-electron chi connectivity index (χ0n) is 8.92. The molecule has 0 atom stereocenters. The van der Waals surface area contributed by atoms with Gasteiger partial charge in [0.25, 0.3) is 0 Å². The lowest BCUT2D eigenvalue weighted by atomic mass is 10.2. The van der Waals surface area contributed by atoms with Crippen molar-refractivity contribution < 1.29 is 5.11 Å². The molecule has 0 aliphatic heterocycles. The highest BCUT2D eigenvalue weighted by Gasteiger charge is 2.03. The highest BCUT2D eigenvalue weighted by atomic mass is 35.5. The van der Waals surface area contributed by atoms with Crippen LogP contribution in [-0.2, 0) is 0 Å². The van der Waals surface area contributed by atoms with Crippen LogP contribution in [0.3, 0.4) is 0 Å². The molecular formula is C13H11ClN2O. The molecule has 17 heavy (non-hydrogen) atoms. The summed E-state index contributed by atoms with van der Waals surface area (Å²) < 4.78 is 0. The van der Waals surface area contributed by atoms with Gasteiger partial charge in [-0.05, 0) is 36.4 Å². The second-order valence-electron chi connectivity index (χ2n) is 3.65. The topological polar surface area (TPSA) is 48.9 Å². The largest absolute Gasteiger partial charge is 0.508 e. The Morgan fingerprint density at radius 1 is 0.941 bits per heavy atom. The number of hydrogen-bond donors (Lipinski definition) is 2. The zero-order valence-corrected chi connectivity index (χ0v) is 9.74. The van der Waals surface area contributed by atoms with Gasteiger partial charge in [-0.2, -0.15) is 0 Å². The summed E-state index contributed by atoms with van der Waals surface area (Å²) in [4.78, 5) is 7.71. The number of halogens is 1. The van der Waals surface area contributed by atoms with E-state index in [0.29, 0.717) is 0 Å². The Morgan fingerprint density at radius 2 is 1.65 bits per heavy atom. The van der Waals surface area contributed by atoms with E-state index in [1.807, 2.05) is 36.4 Å². The number of rotatable bonds is 1. The molecule has 3 rings (SSSR count). The molecule has 0 saturated carbocycles. The first-order chi connectivity index (χ1) is 7.83. The van der Waals surface area contributed by atoms with Gasteiger partial charge in [-0.15, -0.1) is 12.4 Å². The van der Waals surface area contributed by atoms with E-state index >= 15 is 0 Å². The second kappa shape index (κ2) is 4.47. The van der Waals surface area contributed by atoms with E-state index in [1.165, 1.54) is 0 Å². The van der Waals surface area contributed by atoms with E-state index in [0.717, 1.165) is 22.4 Å². The molecule has 1 heterocycles. The van der Waals surface area contributed by atoms with Crippen molar-refractivity contribution in [2.24, 2.45) is 0 Å². The standard InChI is InChI=1S/C13H10N2O.ClH/c16-10-7-5-9(6-8-10)13-14-11-3-1-2-4-12(11)15-13;/h1-8,16H,(H,14,15);1H. The lowest BCUT2D eigenvalue weighted by molar-refractivity contribution is 0.475. The van der Waals surface area contributed by atoms with E-state index in [1.54, 1.807) is 12.1 Å². The fourth-order valence-corrected chi connectivity index (χ4v) is 1.71. The average molecular weight is 247 g/mol. The number of aromatic nitrogens is 2. The van der Waals surface area contributed by atoms with Crippen LogP contribution in [0.1, 0.15) is 0 Å². The minimum absolute atomic E-state index is 0. The van der Waals surface area contributed by atoms with Crippen molar-refractivity contribution in [2.75, 3.05) is 0 Å². The van der Waals surface area contributed by atoms with Crippen molar-refractivity contribution in [3.05, 3.63) is 48.5 Å². The van der Waals surface area contributed by atoms with Crippen LogP contribution < -0.4 is 0 Å². The lowest BCUT2D eigenvalue weighted by Gasteiger charge is -1.95. The quantitative estimate of drug-likeness (QED) is 0.692. The third-order valence-electron chi connectivity index (χ3n) is 2.53. The second-order valence-corrected chi connectivity index (χ2v) is 3.65. The molecule has 3 aromatic rings. The Hall–Kier alpha value is -2.00. The predicted octanol–water partition coefficient (Wildman–Crippen LogP) is 3.36. The molecule has 0 spiro atoms. The van der Waals surface area contributed by atoms with Crippen LogP contribution in [0.5, 0.6) is 5.75 Å². The molecule has 0 aliphatic carbocycles. The summed E-state index contributed by atoms with van der Waals surface area (Å²) in [6, 6.07) is 14.9. The maximum absolute atomic E-state index is 9.21. The van der Waals surface area contributed by atoms with Gasteiger partial charge < -0.3 is 10.1 Å². The van der Waals surface area contributed by atoms with Crippen LogP contribution in [0.15, 0.2) is 48.5 Å². The normalized spacial score (nSPS) is 10.1. The Balaban J connectivity index is 0.00000108. The van der Waals surface area contributed by atoms with Gasteiger partial charge in [0, 0.05) is 5.56 Å². The Bertz CT molecular complexity index is 598. The summed E-state index contributed by atoms with van der Waals surface area (Å²) in [6.07, 6.45) is 0. The number of nitrogens with zero attached hydrogens (tertiary/aromatic N) is 1. The molecule has 0 fully saturated rings. The van der Waals surface area contributed by atoms with Crippen molar-refractivity contribution in [2.45, 2.75) is 0 Å². The number of phenols is 1. The van der Waals surface area contributed by atoms with Crippen LogP contribution in [-0.4, -0.2) is 15.1 Å². The van der Waals surface area contributed by atoms with E-state index in [2.05, 4.69) is 9.97 Å². The summed E-state index contributed by atoms with van der Waals surface area (Å²) in [6.45, 7) is 0. The van der Waals surface area contributed by atoms with Gasteiger partial charge in [0.15, 0.2) is 0 Å². The summed E-state index contributed by atoms with van der Waals surface area (Å²) in [5.74, 6) is 1.08. The number of hydrogen-bond acceptors (Lipinski definition) is 2. The van der Waals surface area contributed by atoms with Gasteiger partial charge in [0.05, 0.1) is 11.0 Å². The first kappa shape index (κ1) is 11.5. The van der Waals surface area contributed by atoms with Crippen LogP contribution in [0, 0.1) is 0 Å². The Kier molecular flexibility index (Phi) is 3.02. The molecule has 0 bridgehead atoms. The molecule has 4 heteroatoms. The lowest BCUT2D eigenvalue weighted by Crippen LogP contribution is -1.78. The summed E-state index contributed by atoms with van der Waals surface area (Å²) in [5.41, 5.74) is 2.94. The number of phenolic OH excluding ortho intramolecular Hbond substituents is 1. The van der Waals surface area contributed by atoms with Crippen molar-refractivity contribution in [1.29, 1.82) is 0 Å². The fraction of sp³-hybridized carbons (Fsp3) is 0. The summed E-state index contributed by atoms with van der Waals surface area (Å²) in [7, 11) is 0. The molecule has 3 nitrogen and oxygen atoms in total. The van der Waals surface area contributed by atoms with E-state index < -0.39 is 0 Å². The molecule has 1 aromatic heterocycles. The third kappa shape index (κ3) is 2.10. The third-order valence-corrected chi connectivity index (χ3v) is 2.53. The number of imidazole rings is 1. The van der Waals surface area contributed by atoms with Crippen molar-refractivity contribution in [1.82, 2.24) is 9.97 Å². The zero-order chi connectivity index (χ0) is 11.0. The summed E-state index contributed by atoms with van der Waals surface area (Å²) in [5, 5.41) is 9.21.